The van der Waals surface area contributed by atoms with Crippen LogP contribution in [0.4, 0.5) is 10.6 Å². The van der Waals surface area contributed by atoms with Gasteiger partial charge in [0.25, 0.3) is 0 Å². The number of hydrogen-bond donors (Lipinski definition) is 3. The molecule has 0 saturated heterocycles. The number of amides is 2. The highest BCUT2D eigenvalue weighted by Crippen LogP contribution is 2.10. The summed E-state index contributed by atoms with van der Waals surface area (Å²) in [7, 11) is 0. The van der Waals surface area contributed by atoms with Gasteiger partial charge in [0, 0.05) is 24.8 Å². The van der Waals surface area contributed by atoms with Crippen molar-refractivity contribution in [1.82, 2.24) is 15.1 Å². The first-order chi connectivity index (χ1) is 8.48. The minimum Gasteiger partial charge on any atom is -0.396 e. The monoisotopic (exact) mass is 254 g/mol. The molecule has 3 N–H and O–H groups in total. The summed E-state index contributed by atoms with van der Waals surface area (Å²) in [6.07, 6.45) is 3.12. The quantitative estimate of drug-likeness (QED) is 0.721. The zero-order valence-electron chi connectivity index (χ0n) is 11.2. The molecule has 1 aromatic rings. The SMILES string of the molecule is CCCn1nccc1NC(=O)NC(C)(C)CCO. The van der Waals surface area contributed by atoms with Crippen molar-refractivity contribution in [2.45, 2.75) is 45.7 Å². The molecule has 0 radical (unpaired) electrons. The maximum atomic E-state index is 11.8. The summed E-state index contributed by atoms with van der Waals surface area (Å²) in [4.78, 5) is 11.8. The standard InChI is InChI=1S/C12H22N4O2/c1-4-8-16-10(5-7-13-16)14-11(18)15-12(2,3)6-9-17/h5,7,17H,4,6,8-9H2,1-3H3,(H2,14,15,18). The van der Waals surface area contributed by atoms with Gasteiger partial charge in [0.15, 0.2) is 0 Å². The Kier molecular flexibility index (Phi) is 5.15. The first-order valence-corrected chi connectivity index (χ1v) is 6.20. The molecule has 0 atom stereocenters. The lowest BCUT2D eigenvalue weighted by molar-refractivity contribution is 0.218. The Bertz CT molecular complexity index is 387. The number of aliphatic hydroxyl groups is 1. The van der Waals surface area contributed by atoms with E-state index >= 15 is 0 Å². The van der Waals surface area contributed by atoms with Crippen molar-refractivity contribution in [3.8, 4) is 0 Å². The minimum absolute atomic E-state index is 0.0427. The van der Waals surface area contributed by atoms with Crippen LogP contribution < -0.4 is 10.6 Å². The average Bonchev–Trinajstić information content (AvgIpc) is 2.65. The van der Waals surface area contributed by atoms with Crippen molar-refractivity contribution in [3.63, 3.8) is 0 Å². The number of rotatable bonds is 6. The highest BCUT2D eigenvalue weighted by atomic mass is 16.3. The summed E-state index contributed by atoms with van der Waals surface area (Å²) in [5.41, 5.74) is -0.436. The van der Waals surface area contributed by atoms with Gasteiger partial charge in [-0.3, -0.25) is 5.32 Å². The zero-order chi connectivity index (χ0) is 13.6. The van der Waals surface area contributed by atoms with Crippen LogP contribution in [-0.4, -0.2) is 33.1 Å². The summed E-state index contributed by atoms with van der Waals surface area (Å²) in [6.45, 7) is 6.60. The third-order valence-corrected chi connectivity index (χ3v) is 2.58. The Morgan fingerprint density at radius 1 is 1.56 bits per heavy atom. The topological polar surface area (TPSA) is 79.2 Å². The van der Waals surface area contributed by atoms with E-state index in [2.05, 4.69) is 22.7 Å². The molecule has 0 fully saturated rings. The van der Waals surface area contributed by atoms with Crippen molar-refractivity contribution in [1.29, 1.82) is 0 Å². The van der Waals surface area contributed by atoms with E-state index in [1.807, 2.05) is 13.8 Å². The van der Waals surface area contributed by atoms with Gasteiger partial charge < -0.3 is 10.4 Å². The minimum atomic E-state index is -0.436. The first-order valence-electron chi connectivity index (χ1n) is 6.20. The number of hydrogen-bond acceptors (Lipinski definition) is 3. The van der Waals surface area contributed by atoms with Gasteiger partial charge in [0.2, 0.25) is 0 Å². The second-order valence-corrected chi connectivity index (χ2v) is 4.88. The molecule has 6 heteroatoms. The number of aromatic nitrogens is 2. The van der Waals surface area contributed by atoms with E-state index in [9.17, 15) is 4.79 Å². The molecule has 0 aliphatic carbocycles. The number of aryl methyl sites for hydroxylation is 1. The lowest BCUT2D eigenvalue weighted by Gasteiger charge is -2.25. The van der Waals surface area contributed by atoms with E-state index in [0.717, 1.165) is 13.0 Å². The van der Waals surface area contributed by atoms with Crippen LogP contribution in [0.25, 0.3) is 0 Å². The van der Waals surface area contributed by atoms with Gasteiger partial charge in [-0.2, -0.15) is 5.10 Å². The van der Waals surface area contributed by atoms with E-state index in [4.69, 9.17) is 5.11 Å². The normalized spacial score (nSPS) is 11.3. The highest BCUT2D eigenvalue weighted by Gasteiger charge is 2.20. The van der Waals surface area contributed by atoms with Crippen molar-refractivity contribution in [3.05, 3.63) is 12.3 Å². The smallest absolute Gasteiger partial charge is 0.320 e. The maximum Gasteiger partial charge on any atom is 0.320 e. The molecular weight excluding hydrogens is 232 g/mol. The van der Waals surface area contributed by atoms with Crippen LogP contribution in [-0.2, 0) is 6.54 Å². The number of aliphatic hydroxyl groups excluding tert-OH is 1. The molecule has 102 valence electrons. The third kappa shape index (κ3) is 4.37. The molecule has 6 nitrogen and oxygen atoms in total. The molecule has 0 aliphatic rings. The van der Waals surface area contributed by atoms with Crippen LogP contribution in [0.2, 0.25) is 0 Å². The molecule has 1 heterocycles. The fourth-order valence-corrected chi connectivity index (χ4v) is 1.63. The van der Waals surface area contributed by atoms with Gasteiger partial charge in [-0.05, 0) is 26.7 Å². The number of urea groups is 1. The van der Waals surface area contributed by atoms with Gasteiger partial charge in [-0.15, -0.1) is 0 Å². The number of nitrogens with zero attached hydrogens (tertiary/aromatic N) is 2. The fourth-order valence-electron chi connectivity index (χ4n) is 1.63. The van der Waals surface area contributed by atoms with Crippen LogP contribution in [0.3, 0.4) is 0 Å². The van der Waals surface area contributed by atoms with Crippen molar-refractivity contribution in [2.75, 3.05) is 11.9 Å². The van der Waals surface area contributed by atoms with Crippen LogP contribution >= 0.6 is 0 Å². The Labute approximate surface area is 107 Å². The molecule has 18 heavy (non-hydrogen) atoms. The molecule has 0 spiro atoms. The average molecular weight is 254 g/mol. The molecule has 0 unspecified atom stereocenters. The Morgan fingerprint density at radius 3 is 2.89 bits per heavy atom. The molecule has 1 rings (SSSR count). The largest absolute Gasteiger partial charge is 0.396 e. The van der Waals surface area contributed by atoms with Crippen molar-refractivity contribution >= 4 is 11.8 Å². The Balaban J connectivity index is 2.56. The molecule has 2 amide bonds. The molecule has 0 aliphatic heterocycles. The molecule has 0 bridgehead atoms. The predicted octanol–water partition coefficient (Wildman–Crippen LogP) is 1.58. The highest BCUT2D eigenvalue weighted by molar-refractivity contribution is 5.88. The van der Waals surface area contributed by atoms with Gasteiger partial charge in [0.1, 0.15) is 5.82 Å². The zero-order valence-corrected chi connectivity index (χ0v) is 11.2. The van der Waals surface area contributed by atoms with Crippen LogP contribution in [0, 0.1) is 0 Å². The van der Waals surface area contributed by atoms with Crippen LogP contribution in [0.15, 0.2) is 12.3 Å². The summed E-state index contributed by atoms with van der Waals surface area (Å²) >= 11 is 0. The second kappa shape index (κ2) is 6.39. The number of anilines is 1. The van der Waals surface area contributed by atoms with E-state index in [-0.39, 0.29) is 12.6 Å². The van der Waals surface area contributed by atoms with Crippen LogP contribution in [0.1, 0.15) is 33.6 Å². The number of carbonyl (C=O) groups excluding carboxylic acids is 1. The number of carbonyl (C=O) groups is 1. The van der Waals surface area contributed by atoms with E-state index in [1.165, 1.54) is 0 Å². The summed E-state index contributed by atoms with van der Waals surface area (Å²) in [6, 6.07) is 1.47. The first kappa shape index (κ1) is 14.5. The van der Waals surface area contributed by atoms with Gasteiger partial charge in [-0.1, -0.05) is 6.92 Å². The Morgan fingerprint density at radius 2 is 2.28 bits per heavy atom. The molecular formula is C12H22N4O2. The molecule has 1 aromatic heterocycles. The summed E-state index contributed by atoms with van der Waals surface area (Å²) in [5, 5.41) is 18.6. The molecule has 0 saturated carbocycles. The summed E-state index contributed by atoms with van der Waals surface area (Å²) < 4.78 is 1.75. The van der Waals surface area contributed by atoms with Crippen LogP contribution in [0.5, 0.6) is 0 Å². The van der Waals surface area contributed by atoms with Crippen molar-refractivity contribution < 1.29 is 9.90 Å². The molecule has 0 aromatic carbocycles. The van der Waals surface area contributed by atoms with E-state index in [0.29, 0.717) is 12.2 Å². The van der Waals surface area contributed by atoms with E-state index in [1.54, 1.807) is 16.9 Å². The fraction of sp³-hybridized carbons (Fsp3) is 0.667. The maximum absolute atomic E-state index is 11.8. The predicted molar refractivity (Wildman–Crippen MR) is 70.5 cm³/mol. The second-order valence-electron chi connectivity index (χ2n) is 4.88. The Hall–Kier alpha value is -1.56. The lowest BCUT2D eigenvalue weighted by Crippen LogP contribution is -2.46. The van der Waals surface area contributed by atoms with Gasteiger partial charge in [-0.25, -0.2) is 9.48 Å². The van der Waals surface area contributed by atoms with Gasteiger partial charge >= 0.3 is 6.03 Å². The van der Waals surface area contributed by atoms with Gasteiger partial charge in [0.05, 0.1) is 6.20 Å². The van der Waals surface area contributed by atoms with Crippen molar-refractivity contribution in [2.24, 2.45) is 0 Å². The summed E-state index contributed by atoms with van der Waals surface area (Å²) in [5.74, 6) is 0.675. The number of nitrogens with one attached hydrogen (secondary N) is 2. The third-order valence-electron chi connectivity index (χ3n) is 2.58. The van der Waals surface area contributed by atoms with E-state index < -0.39 is 5.54 Å². The lowest BCUT2D eigenvalue weighted by atomic mass is 10.0.